The summed E-state index contributed by atoms with van der Waals surface area (Å²) in [5, 5.41) is 5.78. The molecule has 2 saturated carbocycles. The molecular formula is C23H30N2O4. The van der Waals surface area contributed by atoms with Crippen molar-refractivity contribution < 1.29 is 19.1 Å². The average molecular weight is 399 g/mol. The van der Waals surface area contributed by atoms with Gasteiger partial charge in [0.2, 0.25) is 11.8 Å². The zero-order valence-corrected chi connectivity index (χ0v) is 16.8. The first-order chi connectivity index (χ1) is 14.0. The van der Waals surface area contributed by atoms with Crippen molar-refractivity contribution in [2.75, 3.05) is 13.2 Å². The van der Waals surface area contributed by atoms with Crippen LogP contribution in [0.2, 0.25) is 0 Å². The fourth-order valence-corrected chi connectivity index (χ4v) is 4.72. The molecule has 0 aromatic heterocycles. The highest BCUT2D eigenvalue weighted by atomic mass is 16.5. The minimum atomic E-state index is -0.664. The summed E-state index contributed by atoms with van der Waals surface area (Å²) in [5.41, 5.74) is 1.41. The minimum Gasteiger partial charge on any atom is -0.369 e. The Morgan fingerprint density at radius 2 is 1.97 bits per heavy atom. The lowest BCUT2D eigenvalue weighted by molar-refractivity contribution is -0.133. The molecule has 0 unspecified atom stereocenters. The summed E-state index contributed by atoms with van der Waals surface area (Å²) < 4.78 is 5.60. The van der Waals surface area contributed by atoms with Gasteiger partial charge in [-0.25, -0.2) is 0 Å². The van der Waals surface area contributed by atoms with Gasteiger partial charge >= 0.3 is 0 Å². The summed E-state index contributed by atoms with van der Waals surface area (Å²) in [6, 6.07) is 9.01. The van der Waals surface area contributed by atoms with E-state index in [0.717, 1.165) is 24.8 Å². The van der Waals surface area contributed by atoms with Crippen LogP contribution >= 0.6 is 0 Å². The van der Waals surface area contributed by atoms with Crippen LogP contribution in [0.5, 0.6) is 0 Å². The fourth-order valence-electron chi connectivity index (χ4n) is 4.72. The molecule has 3 atom stereocenters. The molecule has 0 bridgehead atoms. The summed E-state index contributed by atoms with van der Waals surface area (Å²) in [6.45, 7) is 0.916. The van der Waals surface area contributed by atoms with E-state index in [1.54, 1.807) is 0 Å². The van der Waals surface area contributed by atoms with E-state index in [0.29, 0.717) is 31.4 Å². The van der Waals surface area contributed by atoms with Crippen LogP contribution in [0.4, 0.5) is 0 Å². The van der Waals surface area contributed by atoms with Crippen LogP contribution in [0.25, 0.3) is 0 Å². The van der Waals surface area contributed by atoms with Crippen LogP contribution in [-0.4, -0.2) is 36.8 Å². The van der Waals surface area contributed by atoms with E-state index in [1.165, 1.54) is 12.8 Å². The lowest BCUT2D eigenvalue weighted by Crippen LogP contribution is -2.46. The predicted octanol–water partition coefficient (Wildman–Crippen LogP) is 2.36. The van der Waals surface area contributed by atoms with Gasteiger partial charge in [0, 0.05) is 18.4 Å². The third kappa shape index (κ3) is 5.04. The van der Waals surface area contributed by atoms with Gasteiger partial charge < -0.3 is 15.4 Å². The number of amides is 2. The maximum atomic E-state index is 12.8. The lowest BCUT2D eigenvalue weighted by Gasteiger charge is -2.22. The molecule has 2 amide bonds. The van der Waals surface area contributed by atoms with Crippen molar-refractivity contribution in [3.63, 3.8) is 0 Å². The summed E-state index contributed by atoms with van der Waals surface area (Å²) in [5.74, 6) is -0.450. The summed E-state index contributed by atoms with van der Waals surface area (Å²) in [4.78, 5) is 37.7. The van der Waals surface area contributed by atoms with E-state index >= 15 is 0 Å². The van der Waals surface area contributed by atoms with Gasteiger partial charge in [0.25, 0.3) is 0 Å². The number of nitrogens with one attached hydrogen (secondary N) is 2. The van der Waals surface area contributed by atoms with Crippen molar-refractivity contribution in [3.05, 3.63) is 35.9 Å². The highest BCUT2D eigenvalue weighted by molar-refractivity contribution is 5.91. The molecule has 1 aromatic rings. The first-order valence-electron chi connectivity index (χ1n) is 10.8. The number of benzene rings is 1. The number of rotatable bonds is 9. The number of ketones is 1. The van der Waals surface area contributed by atoms with Crippen LogP contribution in [0.1, 0.15) is 50.5 Å². The standard InChI is InChI=1S/C23H30N2O4/c26-20(15-29-14-16-4-2-1-3-5-16)19(12-17-7-11-24-21(17)27)25-22(28)18-6-8-23(13-18)9-10-23/h1-5,17-19H,6-15H2,(H,24,27)(H,25,28)/t17-,18-,19-/m0/s1. The van der Waals surface area contributed by atoms with E-state index in [-0.39, 0.29) is 36.0 Å². The van der Waals surface area contributed by atoms with Gasteiger partial charge in [-0.15, -0.1) is 0 Å². The second-order valence-electron chi connectivity index (χ2n) is 8.96. The number of hydrogen-bond acceptors (Lipinski definition) is 4. The average Bonchev–Trinajstić information content (AvgIpc) is 3.15. The molecular weight excluding hydrogens is 368 g/mol. The SMILES string of the molecule is O=C1NCC[C@H]1C[C@H](NC(=O)[C@H]1CCC2(CC2)C1)C(=O)COCc1ccccc1. The molecule has 1 aromatic carbocycles. The third-order valence-electron chi connectivity index (χ3n) is 6.77. The van der Waals surface area contributed by atoms with Crippen LogP contribution < -0.4 is 10.6 Å². The van der Waals surface area contributed by atoms with Gasteiger partial charge in [0.05, 0.1) is 12.6 Å². The van der Waals surface area contributed by atoms with Crippen molar-refractivity contribution in [2.24, 2.45) is 17.3 Å². The molecule has 2 aliphatic carbocycles. The Hall–Kier alpha value is -2.21. The Balaban J connectivity index is 1.33. The lowest BCUT2D eigenvalue weighted by atomic mass is 9.95. The molecule has 29 heavy (non-hydrogen) atoms. The van der Waals surface area contributed by atoms with Gasteiger partial charge in [-0.3, -0.25) is 14.4 Å². The van der Waals surface area contributed by atoms with Crippen molar-refractivity contribution in [3.8, 4) is 0 Å². The first-order valence-corrected chi connectivity index (χ1v) is 10.8. The zero-order chi connectivity index (χ0) is 20.3. The number of carbonyl (C=O) groups excluding carboxylic acids is 3. The Bertz CT molecular complexity index is 759. The Labute approximate surface area is 171 Å². The van der Waals surface area contributed by atoms with Crippen molar-refractivity contribution in [2.45, 2.75) is 57.6 Å². The van der Waals surface area contributed by atoms with Gasteiger partial charge in [-0.2, -0.15) is 0 Å². The molecule has 1 aliphatic heterocycles. The van der Waals surface area contributed by atoms with E-state index in [1.807, 2.05) is 30.3 Å². The number of Topliss-reactive ketones (excluding diaryl/α,β-unsaturated/α-hetero) is 1. The zero-order valence-electron chi connectivity index (χ0n) is 16.8. The van der Waals surface area contributed by atoms with Crippen molar-refractivity contribution in [1.82, 2.24) is 10.6 Å². The second kappa shape index (κ2) is 8.66. The maximum absolute atomic E-state index is 12.8. The smallest absolute Gasteiger partial charge is 0.223 e. The highest BCUT2D eigenvalue weighted by Gasteiger charge is 2.50. The Kier molecular flexibility index (Phi) is 5.99. The first kappa shape index (κ1) is 20.1. The van der Waals surface area contributed by atoms with E-state index < -0.39 is 6.04 Å². The number of ether oxygens (including phenoxy) is 1. The van der Waals surface area contributed by atoms with Gasteiger partial charge in [-0.05, 0) is 55.9 Å². The summed E-state index contributed by atoms with van der Waals surface area (Å²) in [6.07, 6.45) is 6.48. The van der Waals surface area contributed by atoms with Crippen LogP contribution in [0.3, 0.4) is 0 Å². The number of hydrogen-bond donors (Lipinski definition) is 2. The third-order valence-corrected chi connectivity index (χ3v) is 6.77. The normalized spacial score (nSPS) is 25.6. The quantitative estimate of drug-likeness (QED) is 0.669. The summed E-state index contributed by atoms with van der Waals surface area (Å²) in [7, 11) is 0. The van der Waals surface area contributed by atoms with Crippen molar-refractivity contribution in [1.29, 1.82) is 0 Å². The molecule has 4 rings (SSSR count). The van der Waals surface area contributed by atoms with Gasteiger partial charge in [0.1, 0.15) is 6.61 Å². The molecule has 1 saturated heterocycles. The number of carbonyl (C=O) groups is 3. The predicted molar refractivity (Wildman–Crippen MR) is 108 cm³/mol. The van der Waals surface area contributed by atoms with Crippen LogP contribution in [0, 0.1) is 17.3 Å². The van der Waals surface area contributed by atoms with Crippen LogP contribution in [0.15, 0.2) is 30.3 Å². The van der Waals surface area contributed by atoms with E-state index in [9.17, 15) is 14.4 Å². The van der Waals surface area contributed by atoms with Crippen LogP contribution in [-0.2, 0) is 25.7 Å². The molecule has 1 heterocycles. The topological polar surface area (TPSA) is 84.5 Å². The Morgan fingerprint density at radius 1 is 1.17 bits per heavy atom. The van der Waals surface area contributed by atoms with E-state index in [4.69, 9.17) is 4.74 Å². The largest absolute Gasteiger partial charge is 0.369 e. The molecule has 2 N–H and O–H groups in total. The molecule has 6 heteroatoms. The van der Waals surface area contributed by atoms with Gasteiger partial charge in [-0.1, -0.05) is 30.3 Å². The molecule has 3 aliphatic rings. The summed E-state index contributed by atoms with van der Waals surface area (Å²) >= 11 is 0. The highest BCUT2D eigenvalue weighted by Crippen LogP contribution is 2.59. The minimum absolute atomic E-state index is 0.00422. The van der Waals surface area contributed by atoms with E-state index in [2.05, 4.69) is 10.6 Å². The van der Waals surface area contributed by atoms with Gasteiger partial charge in [0.15, 0.2) is 5.78 Å². The Morgan fingerprint density at radius 3 is 2.62 bits per heavy atom. The molecule has 156 valence electrons. The molecule has 3 fully saturated rings. The monoisotopic (exact) mass is 398 g/mol. The van der Waals surface area contributed by atoms with Crippen molar-refractivity contribution >= 4 is 17.6 Å². The molecule has 0 radical (unpaired) electrons. The maximum Gasteiger partial charge on any atom is 0.223 e. The fraction of sp³-hybridized carbons (Fsp3) is 0.609. The second-order valence-corrected chi connectivity index (χ2v) is 8.96. The molecule has 6 nitrogen and oxygen atoms in total. The molecule has 1 spiro atoms.